The van der Waals surface area contributed by atoms with Crippen LogP contribution in [0.2, 0.25) is 0 Å². The molecule has 2 aromatic rings. The van der Waals surface area contributed by atoms with Crippen molar-refractivity contribution in [2.75, 3.05) is 18.4 Å². The van der Waals surface area contributed by atoms with Crippen molar-refractivity contribution in [2.24, 2.45) is 0 Å². The third kappa shape index (κ3) is 4.87. The maximum absolute atomic E-state index is 11.0. The summed E-state index contributed by atoms with van der Waals surface area (Å²) in [6.07, 6.45) is 4.30. The topological polar surface area (TPSA) is 83.9 Å². The summed E-state index contributed by atoms with van der Waals surface area (Å²) >= 11 is 0. The van der Waals surface area contributed by atoms with Gasteiger partial charge in [0.2, 0.25) is 5.91 Å². The van der Waals surface area contributed by atoms with Crippen LogP contribution >= 0.6 is 0 Å². The van der Waals surface area contributed by atoms with E-state index in [2.05, 4.69) is 26.3 Å². The minimum atomic E-state index is -0.0649. The second-order valence-corrected chi connectivity index (χ2v) is 6.19. The molecule has 3 rings (SSSR count). The number of carbonyl (C=O) groups is 1. The molecule has 24 heavy (non-hydrogen) atoms. The summed E-state index contributed by atoms with van der Waals surface area (Å²) in [6, 6.07) is 8.33. The van der Waals surface area contributed by atoms with Crippen LogP contribution in [0.25, 0.3) is 0 Å². The molecular weight excluding hydrogens is 304 g/mol. The molecule has 7 heteroatoms. The molecule has 1 aromatic heterocycles. The first-order valence-electron chi connectivity index (χ1n) is 8.39. The first-order chi connectivity index (χ1) is 11.7. The molecule has 128 valence electrons. The lowest BCUT2D eigenvalue weighted by Gasteiger charge is -2.23. The lowest BCUT2D eigenvalue weighted by atomic mass is 10.1. The SMILES string of the molecule is CC(=O)Nc1ccc(Cn2cc(CNC3CCNCC3)nn2)cc1. The largest absolute Gasteiger partial charge is 0.326 e. The average molecular weight is 328 g/mol. The molecule has 1 amide bonds. The Labute approximate surface area is 141 Å². The number of amides is 1. The number of nitrogens with zero attached hydrogens (tertiary/aromatic N) is 3. The maximum Gasteiger partial charge on any atom is 0.221 e. The van der Waals surface area contributed by atoms with E-state index in [9.17, 15) is 4.79 Å². The summed E-state index contributed by atoms with van der Waals surface area (Å²) in [4.78, 5) is 11.0. The molecule has 0 aliphatic carbocycles. The zero-order valence-corrected chi connectivity index (χ0v) is 14.0. The van der Waals surface area contributed by atoms with Gasteiger partial charge in [-0.2, -0.15) is 0 Å². The fourth-order valence-electron chi connectivity index (χ4n) is 2.86. The second kappa shape index (κ2) is 8.03. The van der Waals surface area contributed by atoms with Gasteiger partial charge in [-0.3, -0.25) is 4.79 Å². The Balaban J connectivity index is 1.50. The highest BCUT2D eigenvalue weighted by Crippen LogP contribution is 2.11. The van der Waals surface area contributed by atoms with E-state index >= 15 is 0 Å². The predicted molar refractivity (Wildman–Crippen MR) is 92.6 cm³/mol. The molecule has 0 radical (unpaired) electrons. The molecule has 7 nitrogen and oxygen atoms in total. The van der Waals surface area contributed by atoms with Gasteiger partial charge in [0.25, 0.3) is 0 Å². The number of aromatic nitrogens is 3. The molecule has 1 saturated heterocycles. The van der Waals surface area contributed by atoms with Crippen molar-refractivity contribution in [3.8, 4) is 0 Å². The van der Waals surface area contributed by atoms with Crippen molar-refractivity contribution in [1.29, 1.82) is 0 Å². The van der Waals surface area contributed by atoms with Gasteiger partial charge in [0.1, 0.15) is 0 Å². The Hall–Kier alpha value is -2.25. The van der Waals surface area contributed by atoms with Crippen LogP contribution in [0.1, 0.15) is 31.0 Å². The number of rotatable bonds is 6. The van der Waals surface area contributed by atoms with Crippen LogP contribution < -0.4 is 16.0 Å². The van der Waals surface area contributed by atoms with E-state index in [0.717, 1.165) is 49.4 Å². The van der Waals surface area contributed by atoms with Gasteiger partial charge in [-0.1, -0.05) is 17.3 Å². The Morgan fingerprint density at radius 2 is 2.04 bits per heavy atom. The van der Waals surface area contributed by atoms with Gasteiger partial charge in [-0.15, -0.1) is 5.10 Å². The van der Waals surface area contributed by atoms with Gasteiger partial charge in [0.15, 0.2) is 0 Å². The minimum absolute atomic E-state index is 0.0649. The van der Waals surface area contributed by atoms with Crippen molar-refractivity contribution in [2.45, 2.75) is 38.9 Å². The van der Waals surface area contributed by atoms with Crippen molar-refractivity contribution >= 4 is 11.6 Å². The average Bonchev–Trinajstić information content (AvgIpc) is 3.03. The first-order valence-corrected chi connectivity index (χ1v) is 8.39. The molecule has 1 aromatic carbocycles. The zero-order valence-electron chi connectivity index (χ0n) is 14.0. The van der Waals surface area contributed by atoms with E-state index in [4.69, 9.17) is 0 Å². The highest BCUT2D eigenvalue weighted by atomic mass is 16.1. The van der Waals surface area contributed by atoms with Gasteiger partial charge >= 0.3 is 0 Å². The molecule has 3 N–H and O–H groups in total. The summed E-state index contributed by atoms with van der Waals surface area (Å²) < 4.78 is 1.84. The highest BCUT2D eigenvalue weighted by molar-refractivity contribution is 5.88. The monoisotopic (exact) mass is 328 g/mol. The first kappa shape index (κ1) is 16.6. The molecule has 0 atom stereocenters. The third-order valence-corrected chi connectivity index (χ3v) is 4.12. The number of hydrogen-bond acceptors (Lipinski definition) is 5. The van der Waals surface area contributed by atoms with E-state index in [-0.39, 0.29) is 5.91 Å². The molecule has 0 bridgehead atoms. The Morgan fingerprint density at radius 3 is 2.75 bits per heavy atom. The summed E-state index contributed by atoms with van der Waals surface area (Å²) in [5.41, 5.74) is 2.88. The van der Waals surface area contributed by atoms with E-state index < -0.39 is 0 Å². The number of benzene rings is 1. The van der Waals surface area contributed by atoms with E-state index in [0.29, 0.717) is 12.6 Å². The number of carbonyl (C=O) groups excluding carboxylic acids is 1. The standard InChI is InChI=1S/C17H24N6O/c1-13(24)20-16-4-2-14(3-5-16)11-23-12-17(21-22-23)10-19-15-6-8-18-9-7-15/h2-5,12,15,18-19H,6-11H2,1H3,(H,20,24). The normalized spacial score (nSPS) is 15.4. The fraction of sp³-hybridized carbons (Fsp3) is 0.471. The summed E-state index contributed by atoms with van der Waals surface area (Å²) in [5, 5.41) is 18.1. The van der Waals surface area contributed by atoms with Crippen LogP contribution in [0.15, 0.2) is 30.5 Å². The smallest absolute Gasteiger partial charge is 0.221 e. The van der Waals surface area contributed by atoms with Crippen LogP contribution in [0.3, 0.4) is 0 Å². The minimum Gasteiger partial charge on any atom is -0.326 e. The summed E-state index contributed by atoms with van der Waals surface area (Å²) in [7, 11) is 0. The number of nitrogens with one attached hydrogen (secondary N) is 3. The van der Waals surface area contributed by atoms with Crippen molar-refractivity contribution in [3.05, 3.63) is 41.7 Å². The van der Waals surface area contributed by atoms with Crippen LogP contribution in [-0.4, -0.2) is 40.0 Å². The Morgan fingerprint density at radius 1 is 1.29 bits per heavy atom. The third-order valence-electron chi connectivity index (χ3n) is 4.12. The van der Waals surface area contributed by atoms with Gasteiger partial charge < -0.3 is 16.0 Å². The molecule has 0 spiro atoms. The predicted octanol–water partition coefficient (Wildman–Crippen LogP) is 1.13. The van der Waals surface area contributed by atoms with Gasteiger partial charge in [0.05, 0.1) is 18.4 Å². The molecule has 0 saturated carbocycles. The number of piperidine rings is 1. The fourth-order valence-corrected chi connectivity index (χ4v) is 2.86. The van der Waals surface area contributed by atoms with Gasteiger partial charge in [-0.05, 0) is 43.6 Å². The molecular formula is C17H24N6O. The Kier molecular flexibility index (Phi) is 5.55. The van der Waals surface area contributed by atoms with Crippen molar-refractivity contribution in [3.63, 3.8) is 0 Å². The van der Waals surface area contributed by atoms with E-state index in [1.165, 1.54) is 6.92 Å². The molecule has 1 aliphatic heterocycles. The molecule has 2 heterocycles. The second-order valence-electron chi connectivity index (χ2n) is 6.19. The van der Waals surface area contributed by atoms with Crippen molar-refractivity contribution < 1.29 is 4.79 Å². The maximum atomic E-state index is 11.0. The number of hydrogen-bond donors (Lipinski definition) is 3. The van der Waals surface area contributed by atoms with Gasteiger partial charge in [-0.25, -0.2) is 4.68 Å². The molecule has 1 aliphatic rings. The van der Waals surface area contributed by atoms with Gasteiger partial charge in [0, 0.05) is 25.2 Å². The van der Waals surface area contributed by atoms with E-state index in [1.807, 2.05) is 35.1 Å². The van der Waals surface area contributed by atoms with E-state index in [1.54, 1.807) is 0 Å². The highest BCUT2D eigenvalue weighted by Gasteiger charge is 2.12. The van der Waals surface area contributed by atoms with Crippen LogP contribution in [0.4, 0.5) is 5.69 Å². The van der Waals surface area contributed by atoms with Crippen LogP contribution in [0.5, 0.6) is 0 Å². The lowest BCUT2D eigenvalue weighted by molar-refractivity contribution is -0.114. The zero-order chi connectivity index (χ0) is 16.8. The number of anilines is 1. The van der Waals surface area contributed by atoms with Crippen molar-refractivity contribution in [1.82, 2.24) is 25.6 Å². The van der Waals surface area contributed by atoms with Crippen LogP contribution in [0, 0.1) is 0 Å². The quantitative estimate of drug-likeness (QED) is 0.740. The Bertz CT molecular complexity index is 660. The summed E-state index contributed by atoms with van der Waals surface area (Å²) in [5.74, 6) is -0.0649. The summed E-state index contributed by atoms with van der Waals surface area (Å²) in [6.45, 7) is 5.09. The molecule has 0 unspecified atom stereocenters. The lowest BCUT2D eigenvalue weighted by Crippen LogP contribution is -2.39. The molecule has 1 fully saturated rings. The van der Waals surface area contributed by atoms with Crippen LogP contribution in [-0.2, 0) is 17.9 Å².